The van der Waals surface area contributed by atoms with Crippen LogP contribution in [0, 0.1) is 6.92 Å². The molecule has 2 aromatic carbocycles. The van der Waals surface area contributed by atoms with Crippen molar-refractivity contribution in [2.75, 3.05) is 0 Å². The molecule has 24 heavy (non-hydrogen) atoms. The molecule has 1 aromatic heterocycles. The first-order valence-corrected chi connectivity index (χ1v) is 7.44. The van der Waals surface area contributed by atoms with E-state index in [0.717, 1.165) is 11.1 Å². The molecule has 122 valence electrons. The molecule has 3 rings (SSSR count). The molecule has 1 atom stereocenters. The van der Waals surface area contributed by atoms with Crippen LogP contribution in [0.25, 0.3) is 11.5 Å². The Labute approximate surface area is 138 Å². The van der Waals surface area contributed by atoms with Gasteiger partial charge < -0.3 is 14.3 Å². The number of aromatic hydroxyl groups is 1. The maximum absolute atomic E-state index is 12.2. The molecule has 6 nitrogen and oxygen atoms in total. The number of aromatic nitrogens is 2. The quantitative estimate of drug-likeness (QED) is 0.737. The Morgan fingerprint density at radius 2 is 1.92 bits per heavy atom. The Hall–Kier alpha value is -3.15. The molecule has 0 bridgehead atoms. The third kappa shape index (κ3) is 3.27. The van der Waals surface area contributed by atoms with Crippen LogP contribution in [0.2, 0.25) is 0 Å². The monoisotopic (exact) mass is 324 g/mol. The normalized spacial score (nSPS) is 11.9. The van der Waals surface area contributed by atoms with E-state index >= 15 is 0 Å². The highest BCUT2D eigenvalue weighted by molar-refractivity contribution is 5.92. The van der Waals surface area contributed by atoms with Crippen molar-refractivity contribution in [1.82, 2.24) is 10.2 Å². The maximum atomic E-state index is 12.2. The molecule has 0 amide bonds. The fraction of sp³-hybridized carbons (Fsp3) is 0.167. The molecule has 0 aliphatic heterocycles. The first-order chi connectivity index (χ1) is 11.5. The Kier molecular flexibility index (Phi) is 4.29. The smallest absolute Gasteiger partial charge is 0.342 e. The summed E-state index contributed by atoms with van der Waals surface area (Å²) >= 11 is 0. The fourth-order valence-corrected chi connectivity index (χ4v) is 2.18. The molecule has 0 saturated heterocycles. The fourth-order valence-electron chi connectivity index (χ4n) is 2.18. The lowest BCUT2D eigenvalue weighted by molar-refractivity contribution is 0.0277. The number of carbonyl (C=O) groups is 1. The summed E-state index contributed by atoms with van der Waals surface area (Å²) in [5, 5.41) is 17.7. The first-order valence-electron chi connectivity index (χ1n) is 7.44. The number of nitrogens with zero attached hydrogens (tertiary/aromatic N) is 2. The van der Waals surface area contributed by atoms with Crippen LogP contribution in [-0.2, 0) is 4.74 Å². The van der Waals surface area contributed by atoms with Crippen LogP contribution in [-0.4, -0.2) is 21.3 Å². The van der Waals surface area contributed by atoms with Crippen molar-refractivity contribution in [3.8, 4) is 17.2 Å². The minimum atomic E-state index is -0.733. The van der Waals surface area contributed by atoms with E-state index in [0.29, 0.717) is 5.89 Å². The van der Waals surface area contributed by atoms with Gasteiger partial charge in [-0.2, -0.15) is 0 Å². The van der Waals surface area contributed by atoms with Crippen molar-refractivity contribution in [3.63, 3.8) is 0 Å². The van der Waals surface area contributed by atoms with Crippen LogP contribution < -0.4 is 0 Å². The molecule has 0 unspecified atom stereocenters. The van der Waals surface area contributed by atoms with E-state index < -0.39 is 12.1 Å². The van der Waals surface area contributed by atoms with Crippen LogP contribution in [0.1, 0.15) is 34.8 Å². The summed E-state index contributed by atoms with van der Waals surface area (Å²) in [5.74, 6) is -0.234. The molecule has 3 aromatic rings. The van der Waals surface area contributed by atoms with Crippen molar-refractivity contribution in [1.29, 1.82) is 0 Å². The second-order valence-electron chi connectivity index (χ2n) is 5.38. The number of hydrogen-bond acceptors (Lipinski definition) is 6. The first kappa shape index (κ1) is 15.7. The highest BCUT2D eigenvalue weighted by atomic mass is 16.6. The van der Waals surface area contributed by atoms with Gasteiger partial charge in [0.05, 0.1) is 0 Å². The van der Waals surface area contributed by atoms with Gasteiger partial charge in [0, 0.05) is 5.56 Å². The number of phenolic OH excluding ortho intramolecular Hbond substituents is 1. The molecule has 0 fully saturated rings. The lowest BCUT2D eigenvalue weighted by atomic mass is 10.1. The third-order valence-electron chi connectivity index (χ3n) is 3.47. The standard InChI is InChI=1S/C18H16N2O4/c1-11-8-9-14(15(21)10-11)18(22)23-12(2)16-19-20-17(24-16)13-6-4-3-5-7-13/h3-10,12,21H,1-2H3/t12-/m1/s1. The number of benzene rings is 2. The third-order valence-corrected chi connectivity index (χ3v) is 3.47. The molecule has 6 heteroatoms. The predicted octanol–water partition coefficient (Wildman–Crippen LogP) is 3.67. The number of rotatable bonds is 4. The van der Waals surface area contributed by atoms with E-state index in [4.69, 9.17) is 9.15 Å². The minimum absolute atomic E-state index is 0.0928. The average molecular weight is 324 g/mol. The summed E-state index contributed by atoms with van der Waals surface area (Å²) in [6, 6.07) is 14.0. The Morgan fingerprint density at radius 1 is 1.17 bits per heavy atom. The van der Waals surface area contributed by atoms with Crippen LogP contribution in [0.5, 0.6) is 5.75 Å². The summed E-state index contributed by atoms with van der Waals surface area (Å²) in [7, 11) is 0. The summed E-state index contributed by atoms with van der Waals surface area (Å²) in [5.41, 5.74) is 1.72. The number of hydrogen-bond donors (Lipinski definition) is 1. The van der Waals surface area contributed by atoms with Crippen LogP contribution in [0.4, 0.5) is 0 Å². The molecular weight excluding hydrogens is 308 g/mol. The number of ether oxygens (including phenoxy) is 1. The van der Waals surface area contributed by atoms with Gasteiger partial charge in [-0.05, 0) is 43.7 Å². The topological polar surface area (TPSA) is 85.5 Å². The van der Waals surface area contributed by atoms with Crippen molar-refractivity contribution in [2.24, 2.45) is 0 Å². The Morgan fingerprint density at radius 3 is 2.62 bits per heavy atom. The number of phenols is 1. The molecule has 0 radical (unpaired) electrons. The number of esters is 1. The zero-order valence-electron chi connectivity index (χ0n) is 13.3. The molecule has 1 N–H and O–H groups in total. The van der Waals surface area contributed by atoms with Gasteiger partial charge in [-0.3, -0.25) is 0 Å². The highest BCUT2D eigenvalue weighted by Crippen LogP contribution is 2.25. The summed E-state index contributed by atoms with van der Waals surface area (Å²) in [6.07, 6.45) is -0.733. The average Bonchev–Trinajstić information content (AvgIpc) is 3.05. The summed E-state index contributed by atoms with van der Waals surface area (Å²) in [4.78, 5) is 12.2. The SMILES string of the molecule is Cc1ccc(C(=O)O[C@H](C)c2nnc(-c3ccccc3)o2)c(O)c1. The van der Waals surface area contributed by atoms with Gasteiger partial charge >= 0.3 is 5.97 Å². The Bertz CT molecular complexity index is 858. The van der Waals surface area contributed by atoms with Gasteiger partial charge in [0.1, 0.15) is 11.3 Å². The number of aryl methyl sites for hydroxylation is 1. The van der Waals surface area contributed by atoms with Crippen molar-refractivity contribution < 1.29 is 19.1 Å². The highest BCUT2D eigenvalue weighted by Gasteiger charge is 2.21. The van der Waals surface area contributed by atoms with Gasteiger partial charge in [-0.1, -0.05) is 24.3 Å². The van der Waals surface area contributed by atoms with Crippen molar-refractivity contribution >= 4 is 5.97 Å². The van der Waals surface area contributed by atoms with Crippen LogP contribution in [0.15, 0.2) is 52.9 Å². The van der Waals surface area contributed by atoms with E-state index in [1.54, 1.807) is 13.0 Å². The minimum Gasteiger partial charge on any atom is -0.507 e. The van der Waals surface area contributed by atoms with Gasteiger partial charge in [-0.15, -0.1) is 10.2 Å². The molecular formula is C18H16N2O4. The largest absolute Gasteiger partial charge is 0.507 e. The maximum Gasteiger partial charge on any atom is 0.342 e. The van der Waals surface area contributed by atoms with Crippen molar-refractivity contribution in [3.05, 3.63) is 65.5 Å². The molecule has 0 aliphatic carbocycles. The Balaban J connectivity index is 1.74. The molecule has 1 heterocycles. The zero-order valence-corrected chi connectivity index (χ0v) is 13.3. The zero-order chi connectivity index (χ0) is 17.1. The van der Waals surface area contributed by atoms with Crippen LogP contribution in [0.3, 0.4) is 0 Å². The predicted molar refractivity (Wildman–Crippen MR) is 86.4 cm³/mol. The van der Waals surface area contributed by atoms with Gasteiger partial charge in [0.2, 0.25) is 5.89 Å². The second kappa shape index (κ2) is 6.54. The lowest BCUT2D eigenvalue weighted by Gasteiger charge is -2.10. The lowest BCUT2D eigenvalue weighted by Crippen LogP contribution is -2.10. The van der Waals surface area contributed by atoms with Crippen molar-refractivity contribution in [2.45, 2.75) is 20.0 Å². The van der Waals surface area contributed by atoms with E-state index in [-0.39, 0.29) is 17.2 Å². The molecule has 0 spiro atoms. The number of carbonyl (C=O) groups excluding carboxylic acids is 1. The van der Waals surface area contributed by atoms with E-state index in [9.17, 15) is 9.90 Å². The van der Waals surface area contributed by atoms with E-state index in [2.05, 4.69) is 10.2 Å². The molecule has 0 saturated carbocycles. The van der Waals surface area contributed by atoms with Gasteiger partial charge in [-0.25, -0.2) is 4.79 Å². The van der Waals surface area contributed by atoms with E-state index in [1.807, 2.05) is 37.3 Å². The molecule has 0 aliphatic rings. The summed E-state index contributed by atoms with van der Waals surface area (Å²) in [6.45, 7) is 3.45. The van der Waals surface area contributed by atoms with Gasteiger partial charge in [0.15, 0.2) is 6.10 Å². The van der Waals surface area contributed by atoms with Gasteiger partial charge in [0.25, 0.3) is 5.89 Å². The summed E-state index contributed by atoms with van der Waals surface area (Å²) < 4.78 is 10.9. The second-order valence-corrected chi connectivity index (χ2v) is 5.38. The van der Waals surface area contributed by atoms with E-state index in [1.165, 1.54) is 12.1 Å². The van der Waals surface area contributed by atoms with Crippen LogP contribution >= 0.6 is 0 Å².